The van der Waals surface area contributed by atoms with Crippen LogP contribution in [0.3, 0.4) is 0 Å². The number of likely N-dealkylation sites (tertiary alicyclic amines) is 1. The van der Waals surface area contributed by atoms with Crippen LogP contribution in [0.2, 0.25) is 0 Å². The number of amides is 2. The SMILES string of the molecule is COc1ccc(C(C)=O)cc1COC(=O)CN1C(=O)[C@H]2CC=CC[C@H]2C1=O. The fourth-order valence-electron chi connectivity index (χ4n) is 3.47. The summed E-state index contributed by atoms with van der Waals surface area (Å²) in [5, 5.41) is 0. The molecule has 142 valence electrons. The summed E-state index contributed by atoms with van der Waals surface area (Å²) in [7, 11) is 1.48. The number of allylic oxidation sites excluding steroid dienone is 2. The number of Topliss-reactive ketones (excluding diaryl/α,β-unsaturated/α-hetero) is 1. The van der Waals surface area contributed by atoms with Gasteiger partial charge in [0.1, 0.15) is 18.9 Å². The molecule has 0 radical (unpaired) electrons. The van der Waals surface area contributed by atoms with E-state index < -0.39 is 12.5 Å². The number of fused-ring (bicyclic) bond motifs is 1. The van der Waals surface area contributed by atoms with Gasteiger partial charge in [0, 0.05) is 11.1 Å². The average Bonchev–Trinajstić information content (AvgIpc) is 2.91. The van der Waals surface area contributed by atoms with E-state index in [4.69, 9.17) is 9.47 Å². The predicted molar refractivity (Wildman–Crippen MR) is 94.9 cm³/mol. The van der Waals surface area contributed by atoms with Gasteiger partial charge < -0.3 is 9.47 Å². The lowest BCUT2D eigenvalue weighted by atomic mass is 9.85. The Morgan fingerprint density at radius 2 is 1.74 bits per heavy atom. The monoisotopic (exact) mass is 371 g/mol. The number of ketones is 1. The predicted octanol–water partition coefficient (Wildman–Crippen LogP) is 1.89. The molecular weight excluding hydrogens is 350 g/mol. The van der Waals surface area contributed by atoms with Crippen molar-refractivity contribution in [1.29, 1.82) is 0 Å². The molecule has 0 bridgehead atoms. The van der Waals surface area contributed by atoms with Crippen molar-refractivity contribution in [1.82, 2.24) is 4.90 Å². The number of ether oxygens (including phenoxy) is 2. The van der Waals surface area contributed by atoms with Crippen molar-refractivity contribution in [3.63, 3.8) is 0 Å². The molecule has 0 spiro atoms. The number of rotatable bonds is 6. The van der Waals surface area contributed by atoms with Crippen molar-refractivity contribution in [3.05, 3.63) is 41.5 Å². The Hall–Kier alpha value is -2.96. The molecule has 3 rings (SSSR count). The van der Waals surface area contributed by atoms with Gasteiger partial charge in [-0.3, -0.25) is 24.1 Å². The number of methoxy groups -OCH3 is 1. The summed E-state index contributed by atoms with van der Waals surface area (Å²) in [4.78, 5) is 49.5. The Labute approximate surface area is 156 Å². The van der Waals surface area contributed by atoms with E-state index in [2.05, 4.69) is 0 Å². The van der Waals surface area contributed by atoms with Gasteiger partial charge in [-0.25, -0.2) is 0 Å². The summed E-state index contributed by atoms with van der Waals surface area (Å²) in [6.07, 6.45) is 4.83. The maximum absolute atomic E-state index is 12.4. The number of carbonyl (C=O) groups excluding carboxylic acids is 4. The molecule has 7 heteroatoms. The van der Waals surface area contributed by atoms with E-state index in [1.54, 1.807) is 18.2 Å². The summed E-state index contributed by atoms with van der Waals surface area (Å²) in [6.45, 7) is 0.920. The zero-order valence-corrected chi connectivity index (χ0v) is 15.3. The van der Waals surface area contributed by atoms with Crippen LogP contribution in [0, 0.1) is 11.8 Å². The highest BCUT2D eigenvalue weighted by Gasteiger charge is 2.47. The van der Waals surface area contributed by atoms with Crippen LogP contribution in [-0.4, -0.2) is 42.1 Å². The lowest BCUT2D eigenvalue weighted by molar-refractivity contribution is -0.153. The molecule has 1 aromatic rings. The molecule has 2 amide bonds. The van der Waals surface area contributed by atoms with Crippen LogP contribution in [0.5, 0.6) is 5.75 Å². The number of nitrogens with zero attached hydrogens (tertiary/aromatic N) is 1. The molecule has 1 aliphatic carbocycles. The first-order valence-corrected chi connectivity index (χ1v) is 8.76. The van der Waals surface area contributed by atoms with Gasteiger partial charge in [0.05, 0.1) is 18.9 Å². The number of esters is 1. The van der Waals surface area contributed by atoms with Gasteiger partial charge in [-0.05, 0) is 38.0 Å². The third-order valence-corrected chi connectivity index (χ3v) is 4.96. The minimum Gasteiger partial charge on any atom is -0.496 e. The molecule has 1 aromatic carbocycles. The van der Waals surface area contributed by atoms with Gasteiger partial charge in [0.2, 0.25) is 11.8 Å². The Morgan fingerprint density at radius 3 is 2.30 bits per heavy atom. The Bertz CT molecular complexity index is 802. The summed E-state index contributed by atoms with van der Waals surface area (Å²) in [5.74, 6) is -1.69. The van der Waals surface area contributed by atoms with Crippen LogP contribution in [0.25, 0.3) is 0 Å². The van der Waals surface area contributed by atoms with Crippen molar-refractivity contribution in [2.45, 2.75) is 26.4 Å². The number of hydrogen-bond acceptors (Lipinski definition) is 6. The molecule has 0 aromatic heterocycles. The summed E-state index contributed by atoms with van der Waals surface area (Å²) in [6, 6.07) is 4.86. The van der Waals surface area contributed by atoms with Crippen molar-refractivity contribution >= 4 is 23.6 Å². The van der Waals surface area contributed by atoms with Gasteiger partial charge >= 0.3 is 5.97 Å². The maximum atomic E-state index is 12.4. The number of hydrogen-bond donors (Lipinski definition) is 0. The first-order chi connectivity index (χ1) is 12.9. The molecule has 7 nitrogen and oxygen atoms in total. The number of benzene rings is 1. The second-order valence-corrected chi connectivity index (χ2v) is 6.66. The van der Waals surface area contributed by atoms with Gasteiger partial charge in [-0.15, -0.1) is 0 Å². The lowest BCUT2D eigenvalue weighted by Gasteiger charge is -2.15. The van der Waals surface area contributed by atoms with Crippen LogP contribution < -0.4 is 4.74 Å². The van der Waals surface area contributed by atoms with E-state index in [1.165, 1.54) is 14.0 Å². The zero-order valence-electron chi connectivity index (χ0n) is 15.3. The first-order valence-electron chi connectivity index (χ1n) is 8.76. The number of carbonyl (C=O) groups is 4. The molecule has 1 saturated heterocycles. The van der Waals surface area contributed by atoms with E-state index in [0.29, 0.717) is 29.7 Å². The van der Waals surface area contributed by atoms with Gasteiger partial charge in [-0.1, -0.05) is 12.2 Å². The standard InChI is InChI=1S/C20H21NO6/c1-12(22)13-7-8-17(26-2)14(9-13)11-27-18(23)10-21-19(24)15-5-3-4-6-16(15)20(21)25/h3-4,7-9,15-16H,5-6,10-11H2,1-2H3/t15-,16+. The third kappa shape index (κ3) is 3.77. The number of imide groups is 1. The molecule has 2 aliphatic rings. The molecular formula is C20H21NO6. The lowest BCUT2D eigenvalue weighted by Crippen LogP contribution is -2.36. The smallest absolute Gasteiger partial charge is 0.326 e. The van der Waals surface area contributed by atoms with Crippen LogP contribution in [0.1, 0.15) is 35.7 Å². The van der Waals surface area contributed by atoms with Crippen molar-refractivity contribution in [3.8, 4) is 5.75 Å². The minimum atomic E-state index is -0.682. The Kier molecular flexibility index (Phi) is 5.39. The van der Waals surface area contributed by atoms with E-state index in [9.17, 15) is 19.2 Å². The third-order valence-electron chi connectivity index (χ3n) is 4.96. The van der Waals surface area contributed by atoms with Gasteiger partial charge in [0.25, 0.3) is 0 Å². The molecule has 1 heterocycles. The Balaban J connectivity index is 1.64. The van der Waals surface area contributed by atoms with Crippen molar-refractivity contribution in [2.24, 2.45) is 11.8 Å². The zero-order chi connectivity index (χ0) is 19.6. The quantitative estimate of drug-likeness (QED) is 0.328. The second kappa shape index (κ2) is 7.73. The molecule has 2 atom stereocenters. The molecule has 1 fully saturated rings. The molecule has 0 unspecified atom stereocenters. The fourth-order valence-corrected chi connectivity index (χ4v) is 3.47. The van der Waals surface area contributed by atoms with Crippen molar-refractivity contribution < 1.29 is 28.7 Å². The summed E-state index contributed by atoms with van der Waals surface area (Å²) >= 11 is 0. The molecule has 27 heavy (non-hydrogen) atoms. The minimum absolute atomic E-state index is 0.116. The van der Waals surface area contributed by atoms with E-state index in [-0.39, 0.29) is 36.0 Å². The molecule has 1 aliphatic heterocycles. The van der Waals surface area contributed by atoms with Crippen LogP contribution >= 0.6 is 0 Å². The van der Waals surface area contributed by atoms with Crippen molar-refractivity contribution in [2.75, 3.05) is 13.7 Å². The van der Waals surface area contributed by atoms with E-state index in [1.807, 2.05) is 12.2 Å². The fraction of sp³-hybridized carbons (Fsp3) is 0.400. The highest BCUT2D eigenvalue weighted by Crippen LogP contribution is 2.34. The maximum Gasteiger partial charge on any atom is 0.326 e. The van der Waals surface area contributed by atoms with E-state index in [0.717, 1.165) is 4.90 Å². The Morgan fingerprint density at radius 1 is 1.11 bits per heavy atom. The summed E-state index contributed by atoms with van der Waals surface area (Å²) in [5.41, 5.74) is 1.01. The van der Waals surface area contributed by atoms with Crippen LogP contribution in [0.15, 0.2) is 30.4 Å². The summed E-state index contributed by atoms with van der Waals surface area (Å²) < 4.78 is 10.4. The van der Waals surface area contributed by atoms with Gasteiger partial charge in [-0.2, -0.15) is 0 Å². The second-order valence-electron chi connectivity index (χ2n) is 6.66. The topological polar surface area (TPSA) is 90.0 Å². The van der Waals surface area contributed by atoms with Crippen LogP contribution in [-0.2, 0) is 25.7 Å². The largest absolute Gasteiger partial charge is 0.496 e. The highest BCUT2D eigenvalue weighted by atomic mass is 16.5. The molecule has 0 N–H and O–H groups in total. The molecule has 0 saturated carbocycles. The normalized spacial score (nSPS) is 21.2. The van der Waals surface area contributed by atoms with E-state index >= 15 is 0 Å². The average molecular weight is 371 g/mol. The van der Waals surface area contributed by atoms with Crippen LogP contribution in [0.4, 0.5) is 0 Å². The first kappa shape index (κ1) is 18.8. The van der Waals surface area contributed by atoms with Gasteiger partial charge in [0.15, 0.2) is 5.78 Å². The highest BCUT2D eigenvalue weighted by molar-refractivity contribution is 6.07.